The van der Waals surface area contributed by atoms with Crippen molar-refractivity contribution in [3.8, 4) is 5.88 Å². The molecule has 3 aliphatic heterocycles. The standard InChI is InChI=1S/C23H28N4O3/c1-30-21-11-17(6-7-24-21)22(28)26-12-16-10-19(15-26)20-5-4-18(23(29)27(20)13-16)14-25-8-2-3-9-25/h4-7,11,16,19H,2-3,8-10,12-15H2,1H3/t16-,19+/m0/s1. The molecule has 2 fully saturated rings. The fourth-order valence-corrected chi connectivity index (χ4v) is 5.30. The minimum absolute atomic E-state index is 0.00634. The van der Waals surface area contributed by atoms with E-state index in [1.54, 1.807) is 25.4 Å². The molecule has 0 aliphatic carbocycles. The molecule has 158 valence electrons. The van der Waals surface area contributed by atoms with Gasteiger partial charge in [0.15, 0.2) is 0 Å². The lowest BCUT2D eigenvalue weighted by Gasteiger charge is -2.43. The van der Waals surface area contributed by atoms with Gasteiger partial charge in [-0.15, -0.1) is 0 Å². The van der Waals surface area contributed by atoms with E-state index in [-0.39, 0.29) is 17.4 Å². The van der Waals surface area contributed by atoms with Gasteiger partial charge in [0.2, 0.25) is 5.88 Å². The molecular formula is C23H28N4O3. The molecule has 2 bridgehead atoms. The number of rotatable bonds is 4. The number of likely N-dealkylation sites (tertiary alicyclic amines) is 2. The molecule has 2 atom stereocenters. The fraction of sp³-hybridized carbons (Fsp3) is 0.522. The largest absolute Gasteiger partial charge is 0.481 e. The third-order valence-corrected chi connectivity index (χ3v) is 6.75. The molecule has 2 aromatic heterocycles. The first-order valence-corrected chi connectivity index (χ1v) is 10.9. The van der Waals surface area contributed by atoms with E-state index in [0.717, 1.165) is 37.3 Å². The number of carbonyl (C=O) groups is 1. The van der Waals surface area contributed by atoms with Crippen molar-refractivity contribution in [2.75, 3.05) is 33.3 Å². The summed E-state index contributed by atoms with van der Waals surface area (Å²) in [5.41, 5.74) is 2.73. The van der Waals surface area contributed by atoms with Crippen LogP contribution in [-0.2, 0) is 13.1 Å². The van der Waals surface area contributed by atoms with E-state index in [2.05, 4.69) is 16.0 Å². The van der Waals surface area contributed by atoms with E-state index in [1.807, 2.05) is 15.5 Å². The average Bonchev–Trinajstić information content (AvgIpc) is 3.28. The molecule has 30 heavy (non-hydrogen) atoms. The molecule has 0 radical (unpaired) electrons. The van der Waals surface area contributed by atoms with Crippen LogP contribution >= 0.6 is 0 Å². The second kappa shape index (κ2) is 7.87. The Hall–Kier alpha value is -2.67. The van der Waals surface area contributed by atoms with Gasteiger partial charge in [0.05, 0.1) is 7.11 Å². The van der Waals surface area contributed by atoms with E-state index in [1.165, 1.54) is 12.8 Å². The molecule has 0 saturated carbocycles. The molecule has 0 unspecified atom stereocenters. The van der Waals surface area contributed by atoms with Crippen molar-refractivity contribution in [2.45, 2.75) is 38.3 Å². The molecule has 5 rings (SSSR count). The number of pyridine rings is 2. The van der Waals surface area contributed by atoms with Crippen LogP contribution in [0, 0.1) is 5.92 Å². The van der Waals surface area contributed by atoms with E-state index in [9.17, 15) is 9.59 Å². The number of hydrogen-bond donors (Lipinski definition) is 0. The van der Waals surface area contributed by atoms with Gasteiger partial charge in [-0.25, -0.2) is 4.98 Å². The summed E-state index contributed by atoms with van der Waals surface area (Å²) in [5, 5.41) is 0. The van der Waals surface area contributed by atoms with Gasteiger partial charge in [0.25, 0.3) is 11.5 Å². The number of methoxy groups -OCH3 is 1. The molecular weight excluding hydrogens is 380 g/mol. The van der Waals surface area contributed by atoms with Gasteiger partial charge in [-0.1, -0.05) is 6.07 Å². The fourth-order valence-electron chi connectivity index (χ4n) is 5.30. The molecule has 3 aliphatic rings. The highest BCUT2D eigenvalue weighted by molar-refractivity contribution is 5.94. The number of ether oxygens (including phenoxy) is 1. The van der Waals surface area contributed by atoms with E-state index < -0.39 is 0 Å². The average molecular weight is 409 g/mol. The van der Waals surface area contributed by atoms with Crippen LogP contribution in [0.2, 0.25) is 0 Å². The maximum Gasteiger partial charge on any atom is 0.255 e. The van der Waals surface area contributed by atoms with E-state index in [4.69, 9.17) is 4.74 Å². The van der Waals surface area contributed by atoms with Crippen LogP contribution in [0.25, 0.3) is 0 Å². The number of piperidine rings is 1. The highest BCUT2D eigenvalue weighted by Gasteiger charge is 2.37. The quantitative estimate of drug-likeness (QED) is 0.775. The Morgan fingerprint density at radius 3 is 2.80 bits per heavy atom. The predicted molar refractivity (Wildman–Crippen MR) is 113 cm³/mol. The highest BCUT2D eigenvalue weighted by atomic mass is 16.5. The van der Waals surface area contributed by atoms with Crippen LogP contribution in [0.4, 0.5) is 0 Å². The zero-order valence-corrected chi connectivity index (χ0v) is 17.4. The van der Waals surface area contributed by atoms with Gasteiger partial charge in [0, 0.05) is 61.2 Å². The van der Waals surface area contributed by atoms with E-state index >= 15 is 0 Å². The van der Waals surface area contributed by atoms with Gasteiger partial charge in [-0.05, 0) is 50.4 Å². The van der Waals surface area contributed by atoms with Crippen molar-refractivity contribution in [3.63, 3.8) is 0 Å². The van der Waals surface area contributed by atoms with Crippen LogP contribution in [0.5, 0.6) is 5.88 Å². The first-order valence-electron chi connectivity index (χ1n) is 10.9. The highest BCUT2D eigenvalue weighted by Crippen LogP contribution is 2.36. The lowest BCUT2D eigenvalue weighted by atomic mass is 9.82. The number of hydrogen-bond acceptors (Lipinski definition) is 5. The second-order valence-corrected chi connectivity index (χ2v) is 8.78. The third-order valence-electron chi connectivity index (χ3n) is 6.75. The summed E-state index contributed by atoms with van der Waals surface area (Å²) in [4.78, 5) is 34.7. The van der Waals surface area contributed by atoms with Gasteiger partial charge in [0.1, 0.15) is 0 Å². The third kappa shape index (κ3) is 3.51. The zero-order valence-electron chi connectivity index (χ0n) is 17.4. The number of fused-ring (bicyclic) bond motifs is 4. The summed E-state index contributed by atoms with van der Waals surface area (Å²) in [5.74, 6) is 0.967. The van der Waals surface area contributed by atoms with Crippen LogP contribution in [0.3, 0.4) is 0 Å². The summed E-state index contributed by atoms with van der Waals surface area (Å²) < 4.78 is 7.15. The topological polar surface area (TPSA) is 67.7 Å². The van der Waals surface area contributed by atoms with Crippen molar-refractivity contribution < 1.29 is 9.53 Å². The zero-order chi connectivity index (χ0) is 20.7. The maximum atomic E-state index is 13.2. The maximum absolute atomic E-state index is 13.2. The molecule has 7 heteroatoms. The molecule has 0 N–H and O–H groups in total. The number of nitrogens with zero attached hydrogens (tertiary/aromatic N) is 4. The summed E-state index contributed by atoms with van der Waals surface area (Å²) in [6, 6.07) is 7.56. The molecule has 1 amide bonds. The lowest BCUT2D eigenvalue weighted by molar-refractivity contribution is 0.0593. The van der Waals surface area contributed by atoms with Gasteiger partial charge >= 0.3 is 0 Å². The van der Waals surface area contributed by atoms with Crippen LogP contribution in [-0.4, -0.2) is 58.5 Å². The smallest absolute Gasteiger partial charge is 0.255 e. The summed E-state index contributed by atoms with van der Waals surface area (Å²) in [7, 11) is 1.55. The first-order chi connectivity index (χ1) is 14.6. The van der Waals surface area contributed by atoms with E-state index in [0.29, 0.717) is 37.0 Å². The first kappa shape index (κ1) is 19.3. The summed E-state index contributed by atoms with van der Waals surface area (Å²) in [6.07, 6.45) is 5.09. The predicted octanol–water partition coefficient (Wildman–Crippen LogP) is 2.11. The minimum atomic E-state index is 0.00634. The Morgan fingerprint density at radius 2 is 2.00 bits per heavy atom. The summed E-state index contributed by atoms with van der Waals surface area (Å²) >= 11 is 0. The van der Waals surface area contributed by atoms with Crippen LogP contribution in [0.1, 0.15) is 46.8 Å². The van der Waals surface area contributed by atoms with Crippen molar-refractivity contribution in [1.29, 1.82) is 0 Å². The number of carbonyl (C=O) groups excluding carboxylic acids is 1. The molecule has 7 nitrogen and oxygen atoms in total. The molecule has 2 aromatic rings. The molecule has 5 heterocycles. The Bertz CT molecular complexity index is 1010. The second-order valence-electron chi connectivity index (χ2n) is 8.78. The van der Waals surface area contributed by atoms with Crippen LogP contribution < -0.4 is 10.3 Å². The van der Waals surface area contributed by atoms with Gasteiger partial charge < -0.3 is 14.2 Å². The normalized spacial score (nSPS) is 23.3. The Kier molecular flexibility index (Phi) is 5.06. The summed E-state index contributed by atoms with van der Waals surface area (Å²) in [6.45, 7) is 4.95. The SMILES string of the molecule is COc1cc(C(=O)N2C[C@@H]3C[C@H](C2)c2ccc(CN4CCCC4)c(=O)n2C3)ccn1. The van der Waals surface area contributed by atoms with Gasteiger partial charge in [-0.3, -0.25) is 14.5 Å². The van der Waals surface area contributed by atoms with Crippen molar-refractivity contribution in [3.05, 3.63) is 57.6 Å². The monoisotopic (exact) mass is 408 g/mol. The number of amides is 1. The number of aromatic nitrogens is 2. The minimum Gasteiger partial charge on any atom is -0.481 e. The molecule has 0 spiro atoms. The van der Waals surface area contributed by atoms with Crippen molar-refractivity contribution >= 4 is 5.91 Å². The Balaban J connectivity index is 1.37. The lowest BCUT2D eigenvalue weighted by Crippen LogP contribution is -2.49. The van der Waals surface area contributed by atoms with Crippen molar-refractivity contribution in [1.82, 2.24) is 19.4 Å². The Labute approximate surface area is 176 Å². The molecule has 2 saturated heterocycles. The van der Waals surface area contributed by atoms with Crippen molar-refractivity contribution in [2.24, 2.45) is 5.92 Å². The Morgan fingerprint density at radius 1 is 1.17 bits per heavy atom. The van der Waals surface area contributed by atoms with Gasteiger partial charge in [-0.2, -0.15) is 0 Å². The van der Waals surface area contributed by atoms with Crippen LogP contribution in [0.15, 0.2) is 35.3 Å². The molecule has 0 aromatic carbocycles.